The minimum Gasteiger partial charge on any atom is -0.491 e. The lowest BCUT2D eigenvalue weighted by Crippen LogP contribution is -2.13. The Labute approximate surface area is 183 Å². The summed E-state index contributed by atoms with van der Waals surface area (Å²) < 4.78 is 25.8. The van der Waals surface area contributed by atoms with Crippen molar-refractivity contribution in [2.24, 2.45) is 0 Å². The summed E-state index contributed by atoms with van der Waals surface area (Å²) in [5, 5.41) is 11.2. The number of benzene rings is 1. The number of halogens is 1. The number of ether oxygens (including phenoxy) is 1. The minimum absolute atomic E-state index is 0.0180. The molecule has 1 fully saturated rings. The normalized spacial score (nSPS) is 17.7. The van der Waals surface area contributed by atoms with Crippen LogP contribution in [-0.4, -0.2) is 37.9 Å². The van der Waals surface area contributed by atoms with Crippen LogP contribution in [-0.2, 0) is 0 Å². The van der Waals surface area contributed by atoms with Gasteiger partial charge in [0.05, 0.1) is 29.3 Å². The number of aryl methyl sites for hydroxylation is 1. The number of carbonyl (C=O) groups excluding carboxylic acids is 1. The molecule has 0 unspecified atom stereocenters. The van der Waals surface area contributed by atoms with E-state index >= 15 is 0 Å². The predicted octanol–water partition coefficient (Wildman–Crippen LogP) is 4.56. The summed E-state index contributed by atoms with van der Waals surface area (Å²) in [5.74, 6) is 0.736. The van der Waals surface area contributed by atoms with Gasteiger partial charge in [-0.1, -0.05) is 17.3 Å². The number of nitrogens with one attached hydrogen (secondary N) is 1. The van der Waals surface area contributed by atoms with E-state index in [1.54, 1.807) is 28.9 Å². The quantitative estimate of drug-likeness (QED) is 0.477. The molecule has 9 heteroatoms. The molecule has 1 saturated carbocycles. The molecule has 3 aromatic heterocycles. The lowest BCUT2D eigenvalue weighted by Gasteiger charge is -2.11. The third-order valence-electron chi connectivity index (χ3n) is 5.32. The average molecular weight is 435 g/mol. The van der Waals surface area contributed by atoms with Crippen LogP contribution >= 0.6 is 0 Å². The molecule has 1 aliphatic carbocycles. The first-order valence-corrected chi connectivity index (χ1v) is 10.4. The summed E-state index contributed by atoms with van der Waals surface area (Å²) in [6, 6.07) is 9.08. The highest BCUT2D eigenvalue weighted by molar-refractivity contribution is 6.09. The van der Waals surface area contributed by atoms with Gasteiger partial charge < -0.3 is 14.6 Å². The summed E-state index contributed by atoms with van der Waals surface area (Å²) in [6.07, 6.45) is 2.81. The van der Waals surface area contributed by atoms with E-state index in [4.69, 9.17) is 9.26 Å². The first-order chi connectivity index (χ1) is 15.4. The summed E-state index contributed by atoms with van der Waals surface area (Å²) in [6.45, 7) is 5.78. The standard InChI is InChI=1S/C23H22FN5O3/c1-12(2)31-15-6-7-29-20(9-15)17(11-25-29)22(30)26-19-8-14(5-4-13(19)3)21-27-23(32-28-21)16-10-18(16)24/h4-9,11-12,16,18H,10H2,1-3H3,(H,26,30)/t16-,18-/m0/s1. The summed E-state index contributed by atoms with van der Waals surface area (Å²) in [7, 11) is 0. The van der Waals surface area contributed by atoms with Crippen LogP contribution in [0.2, 0.25) is 0 Å². The molecule has 1 aliphatic rings. The Morgan fingerprint density at radius 2 is 2.12 bits per heavy atom. The molecule has 1 amide bonds. The van der Waals surface area contributed by atoms with Crippen LogP contribution in [0.3, 0.4) is 0 Å². The van der Waals surface area contributed by atoms with Crippen LogP contribution in [0.1, 0.15) is 48.0 Å². The molecule has 0 radical (unpaired) electrons. The Morgan fingerprint density at radius 1 is 1.31 bits per heavy atom. The van der Waals surface area contributed by atoms with Gasteiger partial charge in [0, 0.05) is 23.5 Å². The lowest BCUT2D eigenvalue weighted by molar-refractivity contribution is 0.102. The predicted molar refractivity (Wildman–Crippen MR) is 116 cm³/mol. The summed E-state index contributed by atoms with van der Waals surface area (Å²) in [4.78, 5) is 17.4. The fraction of sp³-hybridized carbons (Fsp3) is 0.304. The third kappa shape index (κ3) is 3.81. The van der Waals surface area contributed by atoms with Crippen molar-refractivity contribution in [3.05, 3.63) is 59.7 Å². The van der Waals surface area contributed by atoms with E-state index in [1.807, 2.05) is 32.9 Å². The maximum Gasteiger partial charge on any atom is 0.259 e. The van der Waals surface area contributed by atoms with Crippen LogP contribution in [0.15, 0.2) is 47.2 Å². The lowest BCUT2D eigenvalue weighted by atomic mass is 10.1. The number of rotatable bonds is 6. The van der Waals surface area contributed by atoms with Crippen molar-refractivity contribution in [1.82, 2.24) is 19.8 Å². The number of pyridine rings is 1. The van der Waals surface area contributed by atoms with Crippen molar-refractivity contribution in [1.29, 1.82) is 0 Å². The molecule has 8 nitrogen and oxygen atoms in total. The van der Waals surface area contributed by atoms with Gasteiger partial charge >= 0.3 is 0 Å². The highest BCUT2D eigenvalue weighted by atomic mass is 19.1. The van der Waals surface area contributed by atoms with Crippen LogP contribution in [0.4, 0.5) is 10.1 Å². The van der Waals surface area contributed by atoms with Gasteiger partial charge in [-0.15, -0.1) is 0 Å². The molecule has 0 bridgehead atoms. The zero-order chi connectivity index (χ0) is 22.4. The number of anilines is 1. The first kappa shape index (κ1) is 20.2. The van der Waals surface area contributed by atoms with Gasteiger partial charge in [-0.2, -0.15) is 10.1 Å². The fourth-order valence-electron chi connectivity index (χ4n) is 3.49. The van der Waals surface area contributed by atoms with Crippen molar-refractivity contribution in [3.8, 4) is 17.1 Å². The number of amides is 1. The van der Waals surface area contributed by atoms with Gasteiger partial charge in [-0.05, 0) is 44.9 Å². The number of alkyl halides is 1. The maximum atomic E-state index is 13.3. The molecule has 5 rings (SSSR count). The second kappa shape index (κ2) is 7.74. The average Bonchev–Trinajstić information content (AvgIpc) is 3.15. The van der Waals surface area contributed by atoms with Crippen molar-refractivity contribution >= 4 is 17.1 Å². The number of hydrogen-bond donors (Lipinski definition) is 1. The van der Waals surface area contributed by atoms with Gasteiger partial charge in [0.2, 0.25) is 11.7 Å². The van der Waals surface area contributed by atoms with E-state index in [1.165, 1.54) is 6.20 Å². The molecule has 164 valence electrons. The molecule has 0 spiro atoms. The van der Waals surface area contributed by atoms with E-state index in [-0.39, 0.29) is 17.9 Å². The van der Waals surface area contributed by atoms with Crippen LogP contribution in [0.25, 0.3) is 16.9 Å². The third-order valence-corrected chi connectivity index (χ3v) is 5.32. The first-order valence-electron chi connectivity index (χ1n) is 10.4. The van der Waals surface area contributed by atoms with E-state index in [2.05, 4.69) is 20.6 Å². The monoisotopic (exact) mass is 435 g/mol. The number of aromatic nitrogens is 4. The molecular weight excluding hydrogens is 413 g/mol. The van der Waals surface area contributed by atoms with E-state index in [0.29, 0.717) is 46.2 Å². The Bertz CT molecular complexity index is 1310. The Hall–Kier alpha value is -3.75. The van der Waals surface area contributed by atoms with Gasteiger partial charge in [0.15, 0.2) is 0 Å². The largest absolute Gasteiger partial charge is 0.491 e. The number of fused-ring (bicyclic) bond motifs is 1. The smallest absolute Gasteiger partial charge is 0.259 e. The Morgan fingerprint density at radius 3 is 2.88 bits per heavy atom. The molecule has 32 heavy (non-hydrogen) atoms. The van der Waals surface area contributed by atoms with E-state index < -0.39 is 6.17 Å². The van der Waals surface area contributed by atoms with Gasteiger partial charge in [0.25, 0.3) is 5.91 Å². The van der Waals surface area contributed by atoms with Crippen LogP contribution in [0, 0.1) is 6.92 Å². The summed E-state index contributed by atoms with van der Waals surface area (Å²) >= 11 is 0. The Kier molecular flexibility index (Phi) is 4.88. The van der Waals surface area contributed by atoms with Crippen molar-refractivity contribution in [2.75, 3.05) is 5.32 Å². The SMILES string of the molecule is Cc1ccc(-c2noc([C@H]3C[C@@H]3F)n2)cc1NC(=O)c1cnn2ccc(OC(C)C)cc12. The fourth-order valence-corrected chi connectivity index (χ4v) is 3.49. The number of nitrogens with zero attached hydrogens (tertiary/aromatic N) is 4. The van der Waals surface area contributed by atoms with Crippen molar-refractivity contribution < 1.29 is 18.4 Å². The van der Waals surface area contributed by atoms with Gasteiger partial charge in [0.1, 0.15) is 11.9 Å². The molecule has 1 aromatic carbocycles. The topological polar surface area (TPSA) is 94.6 Å². The second-order valence-corrected chi connectivity index (χ2v) is 8.22. The van der Waals surface area contributed by atoms with E-state index in [9.17, 15) is 9.18 Å². The second-order valence-electron chi connectivity index (χ2n) is 8.22. The Balaban J connectivity index is 1.41. The van der Waals surface area contributed by atoms with Gasteiger partial charge in [-0.25, -0.2) is 8.91 Å². The molecule has 0 aliphatic heterocycles. The zero-order valence-electron chi connectivity index (χ0n) is 17.9. The van der Waals surface area contributed by atoms with Crippen molar-refractivity contribution in [2.45, 2.75) is 45.4 Å². The molecule has 0 saturated heterocycles. The van der Waals surface area contributed by atoms with E-state index in [0.717, 1.165) is 5.56 Å². The molecule has 2 atom stereocenters. The maximum absolute atomic E-state index is 13.3. The summed E-state index contributed by atoms with van der Waals surface area (Å²) in [5.41, 5.74) is 3.22. The highest BCUT2D eigenvalue weighted by Crippen LogP contribution is 2.43. The van der Waals surface area contributed by atoms with Crippen molar-refractivity contribution in [3.63, 3.8) is 0 Å². The highest BCUT2D eigenvalue weighted by Gasteiger charge is 2.43. The molecule has 1 N–H and O–H groups in total. The number of carbonyl (C=O) groups is 1. The zero-order valence-corrected chi connectivity index (χ0v) is 17.9. The van der Waals surface area contributed by atoms with Crippen LogP contribution < -0.4 is 10.1 Å². The molecule has 4 aromatic rings. The van der Waals surface area contributed by atoms with Gasteiger partial charge in [-0.3, -0.25) is 4.79 Å². The number of hydrogen-bond acceptors (Lipinski definition) is 6. The molecule has 3 heterocycles. The minimum atomic E-state index is -0.909. The van der Waals surface area contributed by atoms with Crippen LogP contribution in [0.5, 0.6) is 5.75 Å². The molecular formula is C23H22FN5O3.